The Hall–Kier alpha value is -9.70. The average molecular weight is 1080 g/mol. The average Bonchev–Trinajstić information content (AvgIpc) is 0.743. The maximum Gasteiger partial charge on any atom is 0.252 e. The molecule has 2 nitrogen and oxygen atoms in total. The van der Waals surface area contributed by atoms with Crippen molar-refractivity contribution >= 4 is 57.2 Å². The summed E-state index contributed by atoms with van der Waals surface area (Å²) >= 11 is 0. The Labute approximate surface area is 497 Å². The van der Waals surface area contributed by atoms with Crippen molar-refractivity contribution < 1.29 is 0 Å². The second kappa shape index (κ2) is 20.9. The van der Waals surface area contributed by atoms with E-state index in [4.69, 9.17) is 0 Å². The lowest BCUT2D eigenvalue weighted by Crippen LogP contribution is -2.61. The van der Waals surface area contributed by atoms with E-state index in [1.165, 1.54) is 167 Å². The molecule has 0 bridgehead atoms. The molecule has 0 spiro atoms. The zero-order chi connectivity index (χ0) is 57.5. The van der Waals surface area contributed by atoms with Crippen molar-refractivity contribution in [2.75, 3.05) is 9.80 Å². The lowest BCUT2D eigenvalue weighted by atomic mass is 9.33. The van der Waals surface area contributed by atoms with E-state index < -0.39 is 0 Å². The van der Waals surface area contributed by atoms with Gasteiger partial charge in [0.25, 0.3) is 6.71 Å². The van der Waals surface area contributed by atoms with Crippen molar-refractivity contribution in [1.82, 2.24) is 0 Å². The molecule has 84 heavy (non-hydrogen) atoms. The molecule has 0 aromatic heterocycles. The molecule has 12 aromatic carbocycles. The van der Waals surface area contributed by atoms with Gasteiger partial charge in [-0.1, -0.05) is 199 Å². The van der Waals surface area contributed by atoms with Gasteiger partial charge in [-0.25, -0.2) is 0 Å². The zero-order valence-corrected chi connectivity index (χ0v) is 49.6. The fraction of sp³-hybridized carbons (Fsp3) is 0.111. The van der Waals surface area contributed by atoms with Crippen LogP contribution in [-0.4, -0.2) is 6.71 Å². The predicted octanol–water partition coefficient (Wildman–Crippen LogP) is 20.2. The smallest absolute Gasteiger partial charge is 0.252 e. The van der Waals surface area contributed by atoms with E-state index in [1.807, 2.05) is 0 Å². The Balaban J connectivity index is 1.15. The topological polar surface area (TPSA) is 6.48 Å². The second-order valence-electron chi connectivity index (χ2n) is 23.9. The number of rotatable bonds is 9. The number of hydrogen-bond acceptors (Lipinski definition) is 2. The first kappa shape index (κ1) is 52.4. The molecule has 0 atom stereocenters. The predicted molar refractivity (Wildman–Crippen MR) is 361 cm³/mol. The van der Waals surface area contributed by atoms with Gasteiger partial charge >= 0.3 is 0 Å². The van der Waals surface area contributed by atoms with E-state index in [-0.39, 0.29) is 6.71 Å². The van der Waals surface area contributed by atoms with Crippen molar-refractivity contribution in [2.45, 2.75) is 62.3 Å². The maximum absolute atomic E-state index is 2.63. The molecule has 14 rings (SSSR count). The molecule has 0 radical (unpaired) electrons. The number of hydrogen-bond donors (Lipinski definition) is 0. The monoisotopic (exact) mass is 1080 g/mol. The van der Waals surface area contributed by atoms with E-state index >= 15 is 0 Å². The highest BCUT2D eigenvalue weighted by Crippen LogP contribution is 2.50. The molecule has 0 amide bonds. The van der Waals surface area contributed by atoms with Crippen LogP contribution in [0.5, 0.6) is 0 Å². The van der Waals surface area contributed by atoms with Gasteiger partial charge in [0.1, 0.15) is 0 Å². The summed E-state index contributed by atoms with van der Waals surface area (Å²) in [6, 6.07) is 92.1. The number of aryl methyl sites for hydroxylation is 9. The highest BCUT2D eigenvalue weighted by atomic mass is 15.2. The van der Waals surface area contributed by atoms with Crippen LogP contribution in [0.3, 0.4) is 0 Å². The van der Waals surface area contributed by atoms with Crippen molar-refractivity contribution in [2.24, 2.45) is 0 Å². The first-order chi connectivity index (χ1) is 40.8. The van der Waals surface area contributed by atoms with Gasteiger partial charge in [-0.05, 0) is 251 Å². The van der Waals surface area contributed by atoms with Gasteiger partial charge in [-0.2, -0.15) is 0 Å². The standard InChI is InChI=1S/C81H67BN2/c1-50-34-53(4)78(54(5)35-50)63-30-32-74-72(46-63)82-73-47-64(79-55(6)36-51(2)37-56(79)7)31-33-75(73)84(71-44-67(61-26-18-12-19-27-61)41-68(45-71)62-28-20-13-21-29-62)77-49-69(80-57(8)38-52(3)39-58(80)9)48-76(81(77)82)83(74)70-42-65(59-22-14-10-15-23-59)40-66(43-70)60-24-16-11-17-25-60/h10-49H,1-9H3. The van der Waals surface area contributed by atoms with Crippen LogP contribution >= 0.6 is 0 Å². The maximum atomic E-state index is 2.63. The minimum absolute atomic E-state index is 0.157. The summed E-state index contributed by atoms with van der Waals surface area (Å²) in [4.78, 5) is 5.25. The third-order valence-electron chi connectivity index (χ3n) is 17.7. The third kappa shape index (κ3) is 9.16. The summed E-state index contributed by atoms with van der Waals surface area (Å²) in [6.45, 7) is 20.2. The van der Waals surface area contributed by atoms with Crippen LogP contribution in [0, 0.1) is 62.3 Å². The van der Waals surface area contributed by atoms with E-state index in [9.17, 15) is 0 Å². The highest BCUT2D eigenvalue weighted by Gasteiger charge is 2.44. The Morgan fingerprint density at radius 3 is 0.810 bits per heavy atom. The van der Waals surface area contributed by atoms with E-state index in [0.29, 0.717) is 0 Å². The summed E-state index contributed by atoms with van der Waals surface area (Å²) in [5.74, 6) is 0. The molecule has 0 N–H and O–H groups in total. The first-order valence-electron chi connectivity index (χ1n) is 29.7. The van der Waals surface area contributed by atoms with Gasteiger partial charge in [-0.15, -0.1) is 0 Å². The van der Waals surface area contributed by atoms with Gasteiger partial charge in [0.05, 0.1) is 0 Å². The van der Waals surface area contributed by atoms with Crippen molar-refractivity contribution in [3.05, 3.63) is 293 Å². The highest BCUT2D eigenvalue weighted by molar-refractivity contribution is 7.00. The lowest BCUT2D eigenvalue weighted by molar-refractivity contribution is 1.25. The van der Waals surface area contributed by atoms with Crippen LogP contribution in [0.25, 0.3) is 77.9 Å². The Morgan fingerprint density at radius 2 is 0.512 bits per heavy atom. The third-order valence-corrected chi connectivity index (χ3v) is 17.7. The summed E-state index contributed by atoms with van der Waals surface area (Å²) in [7, 11) is 0. The molecular formula is C81H67BN2. The molecule has 0 saturated carbocycles. The quantitative estimate of drug-likeness (QED) is 0.133. The van der Waals surface area contributed by atoms with Crippen molar-refractivity contribution in [3.63, 3.8) is 0 Å². The molecule has 2 aliphatic rings. The molecule has 0 saturated heterocycles. The largest absolute Gasteiger partial charge is 0.311 e. The summed E-state index contributed by atoms with van der Waals surface area (Å²) in [6.07, 6.45) is 0. The molecule has 2 heterocycles. The normalized spacial score (nSPS) is 12.3. The van der Waals surface area contributed by atoms with Crippen LogP contribution in [0.1, 0.15) is 50.1 Å². The van der Waals surface area contributed by atoms with Crippen LogP contribution in [-0.2, 0) is 0 Å². The molecule has 2 aliphatic heterocycles. The number of fused-ring (bicyclic) bond motifs is 4. The molecule has 3 heteroatoms. The van der Waals surface area contributed by atoms with Gasteiger partial charge in [0.15, 0.2) is 0 Å². The van der Waals surface area contributed by atoms with Crippen LogP contribution in [0.4, 0.5) is 34.1 Å². The van der Waals surface area contributed by atoms with Gasteiger partial charge in [-0.3, -0.25) is 0 Å². The number of anilines is 6. The Morgan fingerprint density at radius 1 is 0.226 bits per heavy atom. The van der Waals surface area contributed by atoms with Crippen molar-refractivity contribution in [1.29, 1.82) is 0 Å². The molecule has 0 unspecified atom stereocenters. The van der Waals surface area contributed by atoms with Crippen LogP contribution < -0.4 is 26.2 Å². The summed E-state index contributed by atoms with van der Waals surface area (Å²) in [5, 5.41) is 0. The molecule has 12 aromatic rings. The molecule has 404 valence electrons. The Kier molecular flexibility index (Phi) is 13.1. The fourth-order valence-corrected chi connectivity index (χ4v) is 14.6. The van der Waals surface area contributed by atoms with E-state index in [2.05, 4.69) is 315 Å². The number of nitrogens with zero attached hydrogens (tertiary/aromatic N) is 2. The lowest BCUT2D eigenvalue weighted by Gasteiger charge is -2.45. The SMILES string of the molecule is Cc1cc(C)c(-c2ccc3c(c2)B2c4cc(-c5c(C)cc(C)cc5C)ccc4N(c4cc(-c5ccccc5)cc(-c5ccccc5)c4)c4cc(-c5c(C)cc(C)cc5C)cc(c42)N3c2cc(-c3ccccc3)cc(-c3ccccc3)c2)c(C)c1. The van der Waals surface area contributed by atoms with Crippen LogP contribution in [0.2, 0.25) is 0 Å². The van der Waals surface area contributed by atoms with Gasteiger partial charge < -0.3 is 9.80 Å². The molecule has 0 aliphatic carbocycles. The van der Waals surface area contributed by atoms with E-state index in [0.717, 1.165) is 11.4 Å². The summed E-state index contributed by atoms with van der Waals surface area (Å²) < 4.78 is 0. The molecular weight excluding hydrogens is 1010 g/mol. The summed E-state index contributed by atoms with van der Waals surface area (Å²) in [5.41, 5.74) is 39.1. The minimum Gasteiger partial charge on any atom is -0.311 e. The fourth-order valence-electron chi connectivity index (χ4n) is 14.6. The van der Waals surface area contributed by atoms with E-state index in [1.54, 1.807) is 0 Å². The van der Waals surface area contributed by atoms with Gasteiger partial charge in [0.2, 0.25) is 0 Å². The number of benzene rings is 12. The first-order valence-corrected chi connectivity index (χ1v) is 29.7. The van der Waals surface area contributed by atoms with Crippen LogP contribution in [0.15, 0.2) is 243 Å². The van der Waals surface area contributed by atoms with Gasteiger partial charge in [0, 0.05) is 34.1 Å². The zero-order valence-electron chi connectivity index (χ0n) is 49.6. The molecule has 0 fully saturated rings. The second-order valence-corrected chi connectivity index (χ2v) is 23.9. The Bertz CT molecular complexity index is 4130. The minimum atomic E-state index is -0.157. The van der Waals surface area contributed by atoms with Crippen molar-refractivity contribution in [3.8, 4) is 77.9 Å².